The predicted molar refractivity (Wildman–Crippen MR) is 226 cm³/mol. The number of halogens is 1. The molecule has 3 rings (SSSR count). The number of ether oxygens (including phenoxy) is 7. The van der Waals surface area contributed by atoms with Crippen molar-refractivity contribution >= 4 is 35.5 Å². The number of esters is 4. The fourth-order valence-electron chi connectivity index (χ4n) is 5.95. The summed E-state index contributed by atoms with van der Waals surface area (Å²) < 4.78 is 45.1. The summed E-state index contributed by atoms with van der Waals surface area (Å²) in [7, 11) is 0. The number of aliphatic hydroxyl groups excluding tert-OH is 1. The number of aliphatic hydroxyl groups is 1. The maximum Gasteiger partial charge on any atom is 0.311 e. The van der Waals surface area contributed by atoms with Crippen LogP contribution in [0.25, 0.3) is 0 Å². The molecule has 5 atom stereocenters. The molecule has 60 heavy (non-hydrogen) atoms. The zero-order chi connectivity index (χ0) is 45.5. The number of benzene rings is 1. The molecule has 2 heterocycles. The first kappa shape index (κ1) is 50.5. The maximum absolute atomic E-state index is 13.8. The fraction of sp³-hybridized carbons (Fsp3) is 0.711. The lowest BCUT2D eigenvalue weighted by Gasteiger charge is -2.45. The molecule has 0 amide bonds. The minimum absolute atomic E-state index is 0.0945. The third-order valence-corrected chi connectivity index (χ3v) is 9.79. The highest BCUT2D eigenvalue weighted by Gasteiger charge is 2.56. The van der Waals surface area contributed by atoms with E-state index in [1.54, 1.807) is 87.8 Å². The van der Waals surface area contributed by atoms with Gasteiger partial charge in [0.2, 0.25) is 18.3 Å². The first-order valence-corrected chi connectivity index (χ1v) is 21.2. The van der Waals surface area contributed by atoms with Gasteiger partial charge in [-0.1, -0.05) is 19.9 Å². The standard InChI is InChI=1S/C45H69ClN2O12/c1-26(2)32-30(24-28-17-18-29(23-27(28)3)54-22-16-19-46)36(47-48(32)20-21-49)60-37-35(59-41(53)45(13,14)15)34(58-40(52)44(10,11)12)33(57-39(51)43(7,8)9)31(56-37)25-55-38(50)42(4,5)6/h17-18,23,26,31,33-35,37,49H,16,19-22,24-25H2,1-15H3/t31-,33-,34+,35-,37?/m1/s1. The van der Waals surface area contributed by atoms with Gasteiger partial charge in [0.15, 0.2) is 12.2 Å². The van der Waals surface area contributed by atoms with Gasteiger partial charge in [-0.05, 0) is 126 Å². The molecule has 1 aliphatic rings. The Morgan fingerprint density at radius 2 is 1.35 bits per heavy atom. The Hall–Kier alpha value is -3.88. The topological polar surface area (TPSA) is 171 Å². The monoisotopic (exact) mass is 864 g/mol. The predicted octanol–water partition coefficient (Wildman–Crippen LogP) is 7.47. The highest BCUT2D eigenvalue weighted by molar-refractivity contribution is 6.17. The van der Waals surface area contributed by atoms with E-state index < -0.39 is 82.8 Å². The van der Waals surface area contributed by atoms with Crippen LogP contribution in [0.3, 0.4) is 0 Å². The summed E-state index contributed by atoms with van der Waals surface area (Å²) in [5.41, 5.74) is -0.693. The van der Waals surface area contributed by atoms with Gasteiger partial charge in [-0.2, -0.15) is 0 Å². The van der Waals surface area contributed by atoms with Gasteiger partial charge in [0.25, 0.3) is 0 Å². The average molecular weight is 866 g/mol. The third-order valence-electron chi connectivity index (χ3n) is 9.52. The van der Waals surface area contributed by atoms with Crippen LogP contribution in [-0.4, -0.2) is 95.2 Å². The molecule has 1 aromatic carbocycles. The molecule has 0 spiro atoms. The number of hydrogen-bond acceptors (Lipinski definition) is 13. The van der Waals surface area contributed by atoms with E-state index in [9.17, 15) is 24.3 Å². The van der Waals surface area contributed by atoms with Crippen LogP contribution in [0.5, 0.6) is 11.6 Å². The normalized spacial score (nSPS) is 20.1. The molecule has 1 aromatic heterocycles. The number of rotatable bonds is 16. The van der Waals surface area contributed by atoms with Crippen LogP contribution in [0.4, 0.5) is 0 Å². The van der Waals surface area contributed by atoms with E-state index in [4.69, 9.17) is 49.9 Å². The highest BCUT2D eigenvalue weighted by atomic mass is 35.5. The molecule has 338 valence electrons. The van der Waals surface area contributed by atoms with Gasteiger partial charge >= 0.3 is 23.9 Å². The fourth-order valence-corrected chi connectivity index (χ4v) is 6.06. The Balaban J connectivity index is 2.31. The molecule has 1 saturated heterocycles. The van der Waals surface area contributed by atoms with Crippen molar-refractivity contribution in [3.63, 3.8) is 0 Å². The van der Waals surface area contributed by atoms with Crippen LogP contribution in [0.1, 0.15) is 132 Å². The second kappa shape index (κ2) is 20.3. The highest BCUT2D eigenvalue weighted by Crippen LogP contribution is 2.38. The summed E-state index contributed by atoms with van der Waals surface area (Å²) in [5.74, 6) is -1.40. The van der Waals surface area contributed by atoms with Crippen molar-refractivity contribution in [3.05, 3.63) is 40.6 Å². The van der Waals surface area contributed by atoms with E-state index in [1.807, 2.05) is 39.0 Å². The Morgan fingerprint density at radius 3 is 1.83 bits per heavy atom. The summed E-state index contributed by atoms with van der Waals surface area (Å²) in [6.45, 7) is 26.0. The van der Waals surface area contributed by atoms with Crippen LogP contribution in [0.15, 0.2) is 18.2 Å². The lowest BCUT2D eigenvalue weighted by molar-refractivity contribution is -0.294. The minimum Gasteiger partial charge on any atom is -0.494 e. The molecule has 0 radical (unpaired) electrons. The summed E-state index contributed by atoms with van der Waals surface area (Å²) in [5, 5.41) is 14.9. The molecule has 1 fully saturated rings. The van der Waals surface area contributed by atoms with E-state index in [0.717, 1.165) is 16.8 Å². The minimum atomic E-state index is -1.55. The molecule has 0 saturated carbocycles. The second-order valence-electron chi connectivity index (χ2n) is 19.8. The van der Waals surface area contributed by atoms with Crippen molar-refractivity contribution in [1.82, 2.24) is 9.78 Å². The van der Waals surface area contributed by atoms with E-state index in [2.05, 4.69) is 0 Å². The van der Waals surface area contributed by atoms with Crippen molar-refractivity contribution in [3.8, 4) is 11.6 Å². The molecule has 1 unspecified atom stereocenters. The molecule has 1 N–H and O–H groups in total. The van der Waals surface area contributed by atoms with Crippen molar-refractivity contribution in [2.75, 3.05) is 25.7 Å². The van der Waals surface area contributed by atoms with E-state index in [-0.39, 0.29) is 24.9 Å². The van der Waals surface area contributed by atoms with Crippen molar-refractivity contribution in [1.29, 1.82) is 0 Å². The number of carbonyl (C=O) groups is 4. The van der Waals surface area contributed by atoms with Gasteiger partial charge in [-0.3, -0.25) is 23.9 Å². The Bertz CT molecular complexity index is 1790. The van der Waals surface area contributed by atoms with Crippen LogP contribution >= 0.6 is 11.6 Å². The van der Waals surface area contributed by atoms with Crippen LogP contribution in [-0.2, 0) is 55.8 Å². The van der Waals surface area contributed by atoms with Crippen molar-refractivity contribution < 1.29 is 57.4 Å². The Labute approximate surface area is 361 Å². The smallest absolute Gasteiger partial charge is 0.311 e. The number of aromatic nitrogens is 2. The summed E-state index contributed by atoms with van der Waals surface area (Å²) in [6.07, 6.45) is -6.26. The van der Waals surface area contributed by atoms with E-state index in [1.165, 1.54) is 0 Å². The molecular formula is C45H69ClN2O12. The summed E-state index contributed by atoms with van der Waals surface area (Å²) in [6, 6.07) is 5.79. The average Bonchev–Trinajstić information content (AvgIpc) is 3.45. The quantitative estimate of drug-likeness (QED) is 0.0764. The summed E-state index contributed by atoms with van der Waals surface area (Å²) >= 11 is 5.85. The maximum atomic E-state index is 13.8. The Kier molecular flexibility index (Phi) is 17.1. The molecule has 15 heteroatoms. The second-order valence-corrected chi connectivity index (χ2v) is 20.2. The van der Waals surface area contributed by atoms with Gasteiger partial charge in [0.05, 0.1) is 41.4 Å². The largest absolute Gasteiger partial charge is 0.494 e. The zero-order valence-corrected chi connectivity index (χ0v) is 39.1. The molecule has 14 nitrogen and oxygen atoms in total. The zero-order valence-electron chi connectivity index (χ0n) is 38.4. The molecular weight excluding hydrogens is 796 g/mol. The van der Waals surface area contributed by atoms with Crippen LogP contribution < -0.4 is 9.47 Å². The number of carbonyl (C=O) groups excluding carboxylic acids is 4. The lowest BCUT2D eigenvalue weighted by atomic mass is 9.93. The molecule has 1 aliphatic heterocycles. The van der Waals surface area contributed by atoms with Crippen LogP contribution in [0.2, 0.25) is 0 Å². The molecule has 2 aromatic rings. The first-order chi connectivity index (χ1) is 27.6. The number of aryl methyl sites for hydroxylation is 1. The van der Waals surface area contributed by atoms with Gasteiger partial charge in [-0.25, -0.2) is 0 Å². The number of hydrogen-bond donors (Lipinski definition) is 1. The van der Waals surface area contributed by atoms with E-state index >= 15 is 0 Å². The van der Waals surface area contributed by atoms with Gasteiger partial charge in [-0.15, -0.1) is 16.7 Å². The van der Waals surface area contributed by atoms with E-state index in [0.29, 0.717) is 36.6 Å². The number of alkyl halides is 1. The summed E-state index contributed by atoms with van der Waals surface area (Å²) in [4.78, 5) is 54.5. The molecule has 0 bridgehead atoms. The van der Waals surface area contributed by atoms with Crippen molar-refractivity contribution in [2.24, 2.45) is 21.7 Å². The first-order valence-electron chi connectivity index (χ1n) is 20.7. The van der Waals surface area contributed by atoms with Crippen LogP contribution in [0, 0.1) is 28.6 Å². The van der Waals surface area contributed by atoms with Gasteiger partial charge in [0.1, 0.15) is 18.5 Å². The SMILES string of the molecule is Cc1cc(OCCCCl)ccc1Cc1c(OC2O[C@H](COC(=O)C(C)(C)C)[C@@H](OC(=O)C(C)(C)C)[C@H](OC(=O)C(C)(C)C)[C@H]2OC(=O)C(C)(C)C)nn(CCO)c1C(C)C. The number of nitrogens with zero attached hydrogens (tertiary/aromatic N) is 2. The van der Waals surface area contributed by atoms with Crippen molar-refractivity contribution in [2.45, 2.75) is 160 Å². The molecule has 0 aliphatic carbocycles. The van der Waals surface area contributed by atoms with Gasteiger partial charge in [0, 0.05) is 23.6 Å². The third kappa shape index (κ3) is 13.6. The van der Waals surface area contributed by atoms with Gasteiger partial charge < -0.3 is 38.3 Å². The Morgan fingerprint density at radius 1 is 0.817 bits per heavy atom. The lowest BCUT2D eigenvalue weighted by Crippen LogP contribution is -2.65.